The maximum Gasteiger partial charge on any atom is 0.0699 e. The molecule has 3 heteroatoms. The van der Waals surface area contributed by atoms with E-state index in [1.807, 2.05) is 11.3 Å². The van der Waals surface area contributed by atoms with E-state index in [1.165, 1.54) is 39.8 Å². The predicted molar refractivity (Wildman–Crippen MR) is 86.6 cm³/mol. The first kappa shape index (κ1) is 14.1. The second-order valence-electron chi connectivity index (χ2n) is 5.71. The van der Waals surface area contributed by atoms with Crippen LogP contribution in [0.15, 0.2) is 24.3 Å². The molecule has 0 aliphatic carbocycles. The van der Waals surface area contributed by atoms with E-state index in [-0.39, 0.29) is 0 Å². The highest BCUT2D eigenvalue weighted by atomic mass is 32.1. The second-order valence-corrected chi connectivity index (χ2v) is 6.79. The zero-order valence-electron chi connectivity index (χ0n) is 12.3. The third-order valence-electron chi connectivity index (χ3n) is 4.20. The maximum absolute atomic E-state index is 5.79. The van der Waals surface area contributed by atoms with E-state index in [2.05, 4.69) is 43.4 Å². The van der Waals surface area contributed by atoms with Crippen LogP contribution in [0.25, 0.3) is 10.1 Å². The molecule has 0 spiro atoms. The molecule has 1 fully saturated rings. The van der Waals surface area contributed by atoms with Gasteiger partial charge < -0.3 is 10.1 Å². The monoisotopic (exact) mass is 289 g/mol. The Morgan fingerprint density at radius 3 is 2.95 bits per heavy atom. The van der Waals surface area contributed by atoms with Gasteiger partial charge in [0.25, 0.3) is 0 Å². The quantitative estimate of drug-likeness (QED) is 0.899. The molecule has 2 nitrogen and oxygen atoms in total. The van der Waals surface area contributed by atoms with Crippen molar-refractivity contribution in [2.24, 2.45) is 0 Å². The highest BCUT2D eigenvalue weighted by Gasteiger charge is 2.17. The van der Waals surface area contributed by atoms with Crippen molar-refractivity contribution in [3.05, 3.63) is 34.7 Å². The lowest BCUT2D eigenvalue weighted by molar-refractivity contribution is 0.0157. The summed E-state index contributed by atoms with van der Waals surface area (Å²) in [5.41, 5.74) is 1.43. The van der Waals surface area contributed by atoms with Crippen LogP contribution < -0.4 is 5.32 Å². The van der Waals surface area contributed by atoms with Gasteiger partial charge in [0.15, 0.2) is 0 Å². The van der Waals surface area contributed by atoms with Gasteiger partial charge >= 0.3 is 0 Å². The molecular weight excluding hydrogens is 266 g/mol. The number of hydrogen-bond donors (Lipinski definition) is 1. The number of aryl methyl sites for hydroxylation is 1. The Morgan fingerprint density at radius 1 is 1.35 bits per heavy atom. The normalized spacial score (nSPS) is 21.2. The summed E-state index contributed by atoms with van der Waals surface area (Å²) >= 11 is 1.92. The largest absolute Gasteiger partial charge is 0.377 e. The molecule has 1 aliphatic rings. The lowest BCUT2D eigenvalue weighted by atomic mass is 10.1. The van der Waals surface area contributed by atoms with Gasteiger partial charge in [-0.2, -0.15) is 0 Å². The third kappa shape index (κ3) is 2.90. The summed E-state index contributed by atoms with van der Waals surface area (Å²) in [6, 6.07) is 9.09. The Hall–Kier alpha value is -0.900. The topological polar surface area (TPSA) is 21.3 Å². The number of rotatable bonds is 4. The number of fused-ring (bicyclic) bond motifs is 1. The van der Waals surface area contributed by atoms with Gasteiger partial charge in [0.2, 0.25) is 0 Å². The molecule has 2 atom stereocenters. The predicted octanol–water partition coefficient (Wildman–Crippen LogP) is 4.43. The average Bonchev–Trinajstić information content (AvgIpc) is 2.84. The van der Waals surface area contributed by atoms with Crippen LogP contribution in [0.3, 0.4) is 0 Å². The molecule has 0 bridgehead atoms. The van der Waals surface area contributed by atoms with Gasteiger partial charge in [-0.25, -0.2) is 0 Å². The van der Waals surface area contributed by atoms with Gasteiger partial charge in [0.05, 0.1) is 6.10 Å². The first-order chi connectivity index (χ1) is 9.75. The molecule has 2 heterocycles. The Morgan fingerprint density at radius 2 is 2.20 bits per heavy atom. The minimum absolute atomic E-state index is 0.401. The zero-order valence-corrected chi connectivity index (χ0v) is 13.1. The SMILES string of the molecule is Cc1c(C(C)NCC2CCCCO2)sc2ccccc12. The average molecular weight is 289 g/mol. The van der Waals surface area contributed by atoms with Gasteiger partial charge in [-0.3, -0.25) is 0 Å². The van der Waals surface area contributed by atoms with Crippen LogP contribution in [0, 0.1) is 6.92 Å². The molecular formula is C17H23NOS. The van der Waals surface area contributed by atoms with Gasteiger partial charge in [0.1, 0.15) is 0 Å². The van der Waals surface area contributed by atoms with E-state index < -0.39 is 0 Å². The highest BCUT2D eigenvalue weighted by Crippen LogP contribution is 2.34. The third-order valence-corrected chi connectivity index (χ3v) is 5.66. The van der Waals surface area contributed by atoms with Crippen LogP contribution in [0.5, 0.6) is 0 Å². The fourth-order valence-electron chi connectivity index (χ4n) is 2.98. The van der Waals surface area contributed by atoms with E-state index in [0.29, 0.717) is 12.1 Å². The molecule has 1 N–H and O–H groups in total. The zero-order chi connectivity index (χ0) is 13.9. The van der Waals surface area contributed by atoms with Crippen LogP contribution in [-0.4, -0.2) is 19.3 Å². The van der Waals surface area contributed by atoms with Crippen molar-refractivity contribution < 1.29 is 4.74 Å². The molecule has 2 aromatic rings. The highest BCUT2D eigenvalue weighted by molar-refractivity contribution is 7.19. The summed E-state index contributed by atoms with van der Waals surface area (Å²) in [4.78, 5) is 1.46. The smallest absolute Gasteiger partial charge is 0.0699 e. The summed E-state index contributed by atoms with van der Waals surface area (Å²) in [5, 5.41) is 5.05. The van der Waals surface area contributed by atoms with Crippen molar-refractivity contribution in [2.45, 2.75) is 45.3 Å². The van der Waals surface area contributed by atoms with Crippen molar-refractivity contribution in [1.82, 2.24) is 5.32 Å². The molecule has 3 rings (SSSR count). The molecule has 1 aromatic heterocycles. The molecule has 0 saturated carbocycles. The van der Waals surface area contributed by atoms with Gasteiger partial charge in [-0.1, -0.05) is 18.2 Å². The van der Waals surface area contributed by atoms with Crippen molar-refractivity contribution >= 4 is 21.4 Å². The molecule has 0 amide bonds. The van der Waals surface area contributed by atoms with Crippen molar-refractivity contribution in [1.29, 1.82) is 0 Å². The fraction of sp³-hybridized carbons (Fsp3) is 0.529. The van der Waals surface area contributed by atoms with Gasteiger partial charge in [-0.05, 0) is 50.1 Å². The standard InChI is InChI=1S/C17H23NOS/c1-12-15-8-3-4-9-16(15)20-17(12)13(2)18-11-14-7-5-6-10-19-14/h3-4,8-9,13-14,18H,5-7,10-11H2,1-2H3. The molecule has 1 saturated heterocycles. The lowest BCUT2D eigenvalue weighted by Gasteiger charge is -2.24. The second kappa shape index (κ2) is 6.25. The van der Waals surface area contributed by atoms with Crippen LogP contribution in [0.2, 0.25) is 0 Å². The minimum atomic E-state index is 0.401. The number of nitrogens with one attached hydrogen (secondary N) is 1. The minimum Gasteiger partial charge on any atom is -0.377 e. The number of ether oxygens (including phenoxy) is 1. The van der Waals surface area contributed by atoms with E-state index in [9.17, 15) is 0 Å². The molecule has 1 aromatic carbocycles. The Bertz CT molecular complexity index is 571. The first-order valence-electron chi connectivity index (χ1n) is 7.58. The van der Waals surface area contributed by atoms with Gasteiger partial charge in [-0.15, -0.1) is 11.3 Å². The van der Waals surface area contributed by atoms with E-state index in [0.717, 1.165) is 13.2 Å². The number of thiophene rings is 1. The van der Waals surface area contributed by atoms with E-state index >= 15 is 0 Å². The maximum atomic E-state index is 5.79. The van der Waals surface area contributed by atoms with E-state index in [1.54, 1.807) is 0 Å². The van der Waals surface area contributed by atoms with Crippen LogP contribution >= 0.6 is 11.3 Å². The Kier molecular flexibility index (Phi) is 4.39. The van der Waals surface area contributed by atoms with Crippen LogP contribution in [-0.2, 0) is 4.74 Å². The molecule has 1 aliphatic heterocycles. The summed E-state index contributed by atoms with van der Waals surface area (Å²) in [7, 11) is 0. The van der Waals surface area contributed by atoms with Crippen molar-refractivity contribution in [3.8, 4) is 0 Å². The molecule has 0 radical (unpaired) electrons. The van der Waals surface area contributed by atoms with Crippen LogP contribution in [0.4, 0.5) is 0 Å². The Labute approximate surface area is 125 Å². The number of hydrogen-bond acceptors (Lipinski definition) is 3. The van der Waals surface area contributed by atoms with E-state index in [4.69, 9.17) is 4.74 Å². The Balaban J connectivity index is 1.68. The van der Waals surface area contributed by atoms with Crippen molar-refractivity contribution in [3.63, 3.8) is 0 Å². The summed E-state index contributed by atoms with van der Waals surface area (Å²) in [5.74, 6) is 0. The first-order valence-corrected chi connectivity index (χ1v) is 8.40. The fourth-order valence-corrected chi connectivity index (χ4v) is 4.21. The lowest BCUT2D eigenvalue weighted by Crippen LogP contribution is -2.33. The van der Waals surface area contributed by atoms with Crippen LogP contribution in [0.1, 0.15) is 42.7 Å². The molecule has 108 valence electrons. The molecule has 2 unspecified atom stereocenters. The van der Waals surface area contributed by atoms with Gasteiger partial charge in [0, 0.05) is 28.8 Å². The number of benzene rings is 1. The molecule has 20 heavy (non-hydrogen) atoms. The summed E-state index contributed by atoms with van der Waals surface area (Å²) in [6.07, 6.45) is 4.13. The summed E-state index contributed by atoms with van der Waals surface area (Å²) in [6.45, 7) is 6.40. The van der Waals surface area contributed by atoms with Crippen molar-refractivity contribution in [2.75, 3.05) is 13.2 Å². The summed E-state index contributed by atoms with van der Waals surface area (Å²) < 4.78 is 7.19.